The van der Waals surface area contributed by atoms with Gasteiger partial charge in [0.25, 0.3) is 0 Å². The summed E-state index contributed by atoms with van der Waals surface area (Å²) in [5.41, 5.74) is 13.8. The third-order valence-corrected chi connectivity index (χ3v) is 15.1. The fourth-order valence-corrected chi connectivity index (χ4v) is 9.59. The summed E-state index contributed by atoms with van der Waals surface area (Å²) in [5.74, 6) is -8.03. The minimum absolute atomic E-state index is 0.0512. The highest BCUT2D eigenvalue weighted by molar-refractivity contribution is 5.98. The standard InChI is InChI=1S/C62H98N12O12/c1-6-8-9-10-11-12-13-14-15-16-17-28-52(76)70-51(36-44-37-65-47-25-19-18-24-46(44)47)57(80)67-38-53(77)66-39-54(78)74-55(40(3)7-2)61(84)72-49(27-21-23-34-64)58(81)71-48(26-20-22-33-63)59(82)73-50(35-43-29-31-45(75)32-30-43)60(83)68-41(4)56(79)69-42(5)62(85)86/h18-19,24-25,29-32,37,40-42,48-51,55,65,75H,6-17,20-23,26-28,33-36,38-39,63-64H2,1-5H3,(H,66,77)(H,67,80)(H,68,83)(H,69,79)(H,70,76)(H,71,81)(H,72,84)(H,73,82)(H,74,78)(H,85,86)/t40-,41-,42-,48-,49-,50-,51-,55-/m0/s1. The molecule has 0 unspecified atom stereocenters. The van der Waals surface area contributed by atoms with Gasteiger partial charge in [0.1, 0.15) is 48.0 Å². The SMILES string of the molecule is CCCCCCCCCCCCCC(=O)N[C@@H](Cc1c[nH]c2ccccc12)C(=O)NCC(=O)NCC(=O)N[C@H](C(=O)N[C@@H](CCCCN)C(=O)N[C@@H](CCCCN)C(=O)N[C@@H](Cc1ccc(O)cc1)C(=O)N[C@@H](C)C(=O)N[C@@H](C)C(=O)O)[C@@H](C)CC. The molecule has 0 aliphatic heterocycles. The molecule has 16 N–H and O–H groups in total. The first-order chi connectivity index (χ1) is 41.2. The monoisotopic (exact) mass is 1200 g/mol. The summed E-state index contributed by atoms with van der Waals surface area (Å²) in [5, 5.41) is 43.6. The molecule has 3 aromatic rings. The van der Waals surface area contributed by atoms with E-state index in [-0.39, 0.29) is 56.9 Å². The van der Waals surface area contributed by atoms with Gasteiger partial charge in [0, 0.05) is 36.4 Å². The zero-order valence-corrected chi connectivity index (χ0v) is 51.1. The first kappa shape index (κ1) is 72.7. The molecular formula is C62H98N12O12. The Balaban J connectivity index is 1.69. The normalized spacial score (nSPS) is 13.9. The van der Waals surface area contributed by atoms with E-state index in [9.17, 15) is 58.2 Å². The summed E-state index contributed by atoms with van der Waals surface area (Å²) in [6, 6.07) is 4.83. The van der Waals surface area contributed by atoms with Gasteiger partial charge in [0.05, 0.1) is 13.1 Å². The number of carbonyl (C=O) groups is 10. The van der Waals surface area contributed by atoms with Gasteiger partial charge in [-0.1, -0.05) is 122 Å². The molecule has 24 nitrogen and oxygen atoms in total. The summed E-state index contributed by atoms with van der Waals surface area (Å²) in [6.07, 6.45) is 16.7. The predicted molar refractivity (Wildman–Crippen MR) is 329 cm³/mol. The second-order valence-electron chi connectivity index (χ2n) is 22.3. The zero-order valence-electron chi connectivity index (χ0n) is 51.1. The topological polar surface area (TPSA) is 387 Å². The number of carboxylic acids is 1. The molecule has 0 saturated heterocycles. The Bertz CT molecular complexity index is 2610. The number of unbranched alkanes of at least 4 members (excludes halogenated alkanes) is 12. The van der Waals surface area contributed by atoms with Gasteiger partial charge in [-0.3, -0.25) is 47.9 Å². The van der Waals surface area contributed by atoms with Gasteiger partial charge >= 0.3 is 5.97 Å². The van der Waals surface area contributed by atoms with Gasteiger partial charge in [-0.2, -0.15) is 0 Å². The van der Waals surface area contributed by atoms with Crippen LogP contribution in [0.5, 0.6) is 5.75 Å². The number of carboxylic acid groups (broad SMARTS) is 1. The fourth-order valence-electron chi connectivity index (χ4n) is 9.59. The number of aromatic hydroxyl groups is 1. The number of hydrogen-bond donors (Lipinski definition) is 14. The second-order valence-corrected chi connectivity index (χ2v) is 22.3. The van der Waals surface area contributed by atoms with Crippen LogP contribution in [0, 0.1) is 5.92 Å². The lowest BCUT2D eigenvalue weighted by Gasteiger charge is -2.28. The Morgan fingerprint density at radius 3 is 1.60 bits per heavy atom. The van der Waals surface area contributed by atoms with Crippen LogP contribution in [0.15, 0.2) is 54.7 Å². The number of nitrogens with one attached hydrogen (secondary N) is 10. The molecule has 8 atom stereocenters. The number of para-hydroxylation sites is 1. The maximum atomic E-state index is 14.3. The van der Waals surface area contributed by atoms with Crippen molar-refractivity contribution < 1.29 is 58.2 Å². The zero-order chi connectivity index (χ0) is 63.4. The van der Waals surface area contributed by atoms with E-state index in [1.807, 2.05) is 24.3 Å². The van der Waals surface area contributed by atoms with Gasteiger partial charge in [-0.05, 0) is 107 Å². The summed E-state index contributed by atoms with van der Waals surface area (Å²) in [7, 11) is 0. The molecular weight excluding hydrogens is 1100 g/mol. The number of carbonyl (C=O) groups excluding carboxylic acids is 9. The molecule has 0 bridgehead atoms. The lowest BCUT2D eigenvalue weighted by atomic mass is 9.97. The highest BCUT2D eigenvalue weighted by Crippen LogP contribution is 2.20. The second kappa shape index (κ2) is 40.7. The molecule has 9 amide bonds. The van der Waals surface area contributed by atoms with E-state index in [0.717, 1.165) is 35.7 Å². The third-order valence-electron chi connectivity index (χ3n) is 15.1. The Morgan fingerprint density at radius 1 is 0.500 bits per heavy atom. The molecule has 1 aromatic heterocycles. The number of hydrogen-bond acceptors (Lipinski definition) is 13. The lowest BCUT2D eigenvalue weighted by molar-refractivity contribution is -0.141. The van der Waals surface area contributed by atoms with Crippen molar-refractivity contribution in [3.8, 4) is 5.75 Å². The molecule has 1 heterocycles. The average Bonchev–Trinajstić information content (AvgIpc) is 3.49. The van der Waals surface area contributed by atoms with Crippen LogP contribution in [0.2, 0.25) is 0 Å². The summed E-state index contributed by atoms with van der Waals surface area (Å²) in [6.45, 7) is 7.76. The molecule has 0 spiro atoms. The molecule has 478 valence electrons. The van der Waals surface area contributed by atoms with Crippen molar-refractivity contribution in [2.75, 3.05) is 26.2 Å². The summed E-state index contributed by atoms with van der Waals surface area (Å²) >= 11 is 0. The highest BCUT2D eigenvalue weighted by atomic mass is 16.4. The molecule has 0 saturated carbocycles. The maximum absolute atomic E-state index is 14.3. The molecule has 3 rings (SSSR count). The molecule has 0 fully saturated rings. The molecule has 0 radical (unpaired) electrons. The van der Waals surface area contributed by atoms with E-state index < -0.39 is 115 Å². The number of phenols is 1. The number of H-pyrrole nitrogens is 1. The van der Waals surface area contributed by atoms with Crippen LogP contribution in [-0.4, -0.2) is 143 Å². The number of nitrogens with two attached hydrogens (primary N) is 2. The number of aliphatic carboxylic acids is 1. The first-order valence-corrected chi connectivity index (χ1v) is 30.8. The first-order valence-electron chi connectivity index (χ1n) is 30.8. The fraction of sp³-hybridized carbons (Fsp3) is 0.613. The van der Waals surface area contributed by atoms with E-state index >= 15 is 0 Å². The predicted octanol–water partition coefficient (Wildman–Crippen LogP) is 3.41. The van der Waals surface area contributed by atoms with Crippen molar-refractivity contribution in [2.45, 2.75) is 212 Å². The van der Waals surface area contributed by atoms with Crippen LogP contribution in [0.25, 0.3) is 10.9 Å². The number of phenolic OH excluding ortho intramolecular Hbond substituents is 1. The minimum Gasteiger partial charge on any atom is -0.508 e. The smallest absolute Gasteiger partial charge is 0.325 e. The van der Waals surface area contributed by atoms with Crippen molar-refractivity contribution in [3.63, 3.8) is 0 Å². The number of benzene rings is 2. The Labute approximate surface area is 506 Å². The van der Waals surface area contributed by atoms with Gasteiger partial charge in [-0.15, -0.1) is 0 Å². The Hall–Kier alpha value is -7.60. The summed E-state index contributed by atoms with van der Waals surface area (Å²) in [4.78, 5) is 138. The molecule has 86 heavy (non-hydrogen) atoms. The van der Waals surface area contributed by atoms with E-state index in [1.54, 1.807) is 20.0 Å². The van der Waals surface area contributed by atoms with Crippen molar-refractivity contribution in [1.29, 1.82) is 0 Å². The Kier molecular flexibility index (Phi) is 34.4. The molecule has 0 aliphatic rings. The highest BCUT2D eigenvalue weighted by Gasteiger charge is 2.34. The Morgan fingerprint density at radius 2 is 1.02 bits per heavy atom. The number of fused-ring (bicyclic) bond motifs is 1. The number of amides is 9. The van der Waals surface area contributed by atoms with Crippen molar-refractivity contribution in [2.24, 2.45) is 17.4 Å². The van der Waals surface area contributed by atoms with E-state index in [2.05, 4.69) is 59.8 Å². The molecule has 2 aromatic carbocycles. The minimum atomic E-state index is -1.35. The van der Waals surface area contributed by atoms with E-state index in [1.165, 1.54) is 83.1 Å². The van der Waals surface area contributed by atoms with Crippen LogP contribution in [0.4, 0.5) is 0 Å². The van der Waals surface area contributed by atoms with E-state index in [0.29, 0.717) is 44.1 Å². The van der Waals surface area contributed by atoms with Gasteiger partial charge in [0.15, 0.2) is 0 Å². The molecule has 24 heteroatoms. The van der Waals surface area contributed by atoms with Gasteiger partial charge in [0.2, 0.25) is 53.2 Å². The van der Waals surface area contributed by atoms with Crippen LogP contribution >= 0.6 is 0 Å². The quantitative estimate of drug-likeness (QED) is 0.0361. The van der Waals surface area contributed by atoms with Crippen LogP contribution < -0.4 is 59.3 Å². The largest absolute Gasteiger partial charge is 0.508 e. The van der Waals surface area contributed by atoms with Crippen LogP contribution in [0.3, 0.4) is 0 Å². The van der Waals surface area contributed by atoms with Crippen molar-refractivity contribution >= 4 is 70.0 Å². The summed E-state index contributed by atoms with van der Waals surface area (Å²) < 4.78 is 0. The lowest BCUT2D eigenvalue weighted by Crippen LogP contribution is -2.60. The molecule has 0 aliphatic carbocycles. The van der Waals surface area contributed by atoms with Crippen LogP contribution in [0.1, 0.15) is 168 Å². The number of aromatic amines is 1. The van der Waals surface area contributed by atoms with Crippen molar-refractivity contribution in [3.05, 3.63) is 65.9 Å². The van der Waals surface area contributed by atoms with E-state index in [4.69, 9.17) is 11.5 Å². The van der Waals surface area contributed by atoms with Gasteiger partial charge < -0.3 is 74.5 Å². The average molecular weight is 1200 g/mol. The third kappa shape index (κ3) is 27.6. The van der Waals surface area contributed by atoms with Gasteiger partial charge in [-0.25, -0.2) is 0 Å². The maximum Gasteiger partial charge on any atom is 0.325 e. The number of aromatic nitrogens is 1. The van der Waals surface area contributed by atoms with Crippen LogP contribution in [-0.2, 0) is 60.8 Å². The van der Waals surface area contributed by atoms with Crippen molar-refractivity contribution in [1.82, 2.24) is 52.8 Å². The number of rotatable bonds is 44.